The van der Waals surface area contributed by atoms with E-state index in [1.807, 2.05) is 6.92 Å². The van der Waals surface area contributed by atoms with Gasteiger partial charge in [0.05, 0.1) is 4.90 Å². The van der Waals surface area contributed by atoms with Gasteiger partial charge in [0.15, 0.2) is 0 Å². The number of sulfonamides is 1. The molecule has 6 nitrogen and oxygen atoms in total. The lowest BCUT2D eigenvalue weighted by molar-refractivity contribution is 0.0950. The second-order valence-corrected chi connectivity index (χ2v) is 11.1. The molecule has 0 radical (unpaired) electrons. The minimum atomic E-state index is -3.59. The van der Waals surface area contributed by atoms with E-state index in [0.29, 0.717) is 12.1 Å². The molecule has 1 aliphatic heterocycles. The highest BCUT2D eigenvalue weighted by Crippen LogP contribution is 2.23. The zero-order chi connectivity index (χ0) is 22.7. The molecule has 2 aromatic rings. The van der Waals surface area contributed by atoms with Crippen LogP contribution in [0.4, 0.5) is 0 Å². The predicted octanol–water partition coefficient (Wildman–Crippen LogP) is 3.60. The third-order valence-electron chi connectivity index (χ3n) is 6.29. The first kappa shape index (κ1) is 23.0. The molecule has 2 fully saturated rings. The Hall–Kier alpha value is -2.22. The highest BCUT2D eigenvalue weighted by Gasteiger charge is 2.28. The van der Waals surface area contributed by atoms with Gasteiger partial charge in [0, 0.05) is 31.2 Å². The molecule has 0 bridgehead atoms. The second-order valence-electron chi connectivity index (χ2n) is 9.35. The van der Waals surface area contributed by atoms with E-state index in [1.165, 1.54) is 24.5 Å². The third kappa shape index (κ3) is 5.97. The van der Waals surface area contributed by atoms with Gasteiger partial charge in [-0.05, 0) is 73.9 Å². The zero-order valence-electron chi connectivity index (χ0n) is 18.9. The van der Waals surface area contributed by atoms with Crippen molar-refractivity contribution in [1.29, 1.82) is 0 Å². The van der Waals surface area contributed by atoms with E-state index in [2.05, 4.69) is 46.1 Å². The number of carbonyl (C=O) groups is 1. The summed E-state index contributed by atoms with van der Waals surface area (Å²) in [5, 5.41) is 2.93. The fourth-order valence-corrected chi connectivity index (χ4v) is 5.56. The van der Waals surface area contributed by atoms with Crippen molar-refractivity contribution >= 4 is 15.9 Å². The molecular formula is C25H33N3O3S. The van der Waals surface area contributed by atoms with Gasteiger partial charge >= 0.3 is 0 Å². The molecule has 2 N–H and O–H groups in total. The van der Waals surface area contributed by atoms with Crippen molar-refractivity contribution in [2.45, 2.75) is 63.6 Å². The highest BCUT2D eigenvalue weighted by atomic mass is 32.2. The van der Waals surface area contributed by atoms with Crippen LogP contribution in [0.25, 0.3) is 0 Å². The van der Waals surface area contributed by atoms with Crippen LogP contribution in [0.15, 0.2) is 47.4 Å². The highest BCUT2D eigenvalue weighted by molar-refractivity contribution is 7.89. The molecule has 0 spiro atoms. The van der Waals surface area contributed by atoms with E-state index in [4.69, 9.17) is 0 Å². The number of likely N-dealkylation sites (tertiary alicyclic amines) is 1. The summed E-state index contributed by atoms with van der Waals surface area (Å²) in [4.78, 5) is 15.4. The number of carbonyl (C=O) groups excluding carboxylic acids is 1. The minimum Gasteiger partial charge on any atom is -0.348 e. The van der Waals surface area contributed by atoms with E-state index in [0.717, 1.165) is 49.5 Å². The Morgan fingerprint density at radius 2 is 1.78 bits per heavy atom. The van der Waals surface area contributed by atoms with Crippen LogP contribution in [-0.2, 0) is 23.1 Å². The topological polar surface area (TPSA) is 78.5 Å². The lowest BCUT2D eigenvalue weighted by Crippen LogP contribution is -2.33. The van der Waals surface area contributed by atoms with Gasteiger partial charge in [-0.25, -0.2) is 13.1 Å². The summed E-state index contributed by atoms with van der Waals surface area (Å²) in [6, 6.07) is 13.1. The molecule has 1 heterocycles. The van der Waals surface area contributed by atoms with Gasteiger partial charge in [-0.15, -0.1) is 0 Å². The first-order valence-corrected chi connectivity index (χ1v) is 13.0. The Labute approximate surface area is 191 Å². The van der Waals surface area contributed by atoms with Crippen molar-refractivity contribution in [3.63, 3.8) is 0 Å². The zero-order valence-corrected chi connectivity index (χ0v) is 19.7. The van der Waals surface area contributed by atoms with Crippen LogP contribution >= 0.6 is 0 Å². The van der Waals surface area contributed by atoms with Crippen molar-refractivity contribution in [2.24, 2.45) is 5.92 Å². The predicted molar refractivity (Wildman–Crippen MR) is 126 cm³/mol. The van der Waals surface area contributed by atoms with Gasteiger partial charge in [-0.3, -0.25) is 9.69 Å². The number of nitrogens with one attached hydrogen (secondary N) is 2. The van der Waals surface area contributed by atoms with E-state index in [-0.39, 0.29) is 16.8 Å². The van der Waals surface area contributed by atoms with Gasteiger partial charge in [-0.2, -0.15) is 0 Å². The third-order valence-corrected chi connectivity index (χ3v) is 7.80. The molecule has 1 atom stereocenters. The smallest absolute Gasteiger partial charge is 0.251 e. The van der Waals surface area contributed by atoms with Gasteiger partial charge in [-0.1, -0.05) is 37.3 Å². The van der Waals surface area contributed by atoms with Gasteiger partial charge < -0.3 is 5.32 Å². The molecule has 32 heavy (non-hydrogen) atoms. The number of nitrogens with zero attached hydrogens (tertiary/aromatic N) is 1. The minimum absolute atomic E-state index is 0.0277. The van der Waals surface area contributed by atoms with Crippen molar-refractivity contribution in [1.82, 2.24) is 14.9 Å². The Morgan fingerprint density at radius 1 is 1.06 bits per heavy atom. The summed E-state index contributed by atoms with van der Waals surface area (Å²) in [6.45, 7) is 7.81. The molecular weight excluding hydrogens is 422 g/mol. The van der Waals surface area contributed by atoms with Gasteiger partial charge in [0.1, 0.15) is 0 Å². The molecule has 1 amide bonds. The maximum absolute atomic E-state index is 12.8. The number of hydrogen-bond donors (Lipinski definition) is 2. The molecule has 1 saturated carbocycles. The van der Waals surface area contributed by atoms with Gasteiger partial charge in [0.2, 0.25) is 10.0 Å². The Bertz CT molecular complexity index is 1060. The number of aryl methyl sites for hydroxylation is 1. The lowest BCUT2D eigenvalue weighted by atomic mass is 9.99. The number of piperidine rings is 1. The molecule has 1 saturated heterocycles. The monoisotopic (exact) mass is 455 g/mol. The van der Waals surface area contributed by atoms with Crippen LogP contribution in [0.1, 0.15) is 59.7 Å². The fourth-order valence-electron chi connectivity index (χ4n) is 4.23. The summed E-state index contributed by atoms with van der Waals surface area (Å²) >= 11 is 0. The van der Waals surface area contributed by atoms with Crippen LogP contribution in [0.5, 0.6) is 0 Å². The van der Waals surface area contributed by atoms with E-state index in [9.17, 15) is 13.2 Å². The van der Waals surface area contributed by atoms with Crippen molar-refractivity contribution in [3.8, 4) is 0 Å². The molecule has 4 rings (SSSR count). The maximum atomic E-state index is 12.8. The van der Waals surface area contributed by atoms with Crippen LogP contribution < -0.4 is 10.0 Å². The Balaban J connectivity index is 1.35. The van der Waals surface area contributed by atoms with E-state index >= 15 is 0 Å². The SMILES string of the molecule is Cc1ccc(S(=O)(=O)NC2CC2)cc1C(=O)NCc1ccc(CN2CCCC(C)C2)cc1. The summed E-state index contributed by atoms with van der Waals surface area (Å²) in [6.07, 6.45) is 4.33. The Morgan fingerprint density at radius 3 is 2.47 bits per heavy atom. The fraction of sp³-hybridized carbons (Fsp3) is 0.480. The summed E-state index contributed by atoms with van der Waals surface area (Å²) in [7, 11) is -3.59. The quantitative estimate of drug-likeness (QED) is 0.638. The van der Waals surface area contributed by atoms with Crippen molar-refractivity contribution in [3.05, 3.63) is 64.7 Å². The molecule has 1 unspecified atom stereocenters. The first-order chi connectivity index (χ1) is 15.3. The molecule has 2 aliphatic rings. The second kappa shape index (κ2) is 9.73. The number of rotatable bonds is 8. The number of amides is 1. The van der Waals surface area contributed by atoms with Crippen molar-refractivity contribution in [2.75, 3.05) is 13.1 Å². The number of hydrogen-bond acceptors (Lipinski definition) is 4. The molecule has 2 aromatic carbocycles. The molecule has 1 aliphatic carbocycles. The lowest BCUT2D eigenvalue weighted by Gasteiger charge is -2.30. The molecule has 0 aromatic heterocycles. The summed E-state index contributed by atoms with van der Waals surface area (Å²) < 4.78 is 27.7. The largest absolute Gasteiger partial charge is 0.348 e. The average molecular weight is 456 g/mol. The molecule has 172 valence electrons. The normalized spacial score (nSPS) is 19.6. The van der Waals surface area contributed by atoms with Gasteiger partial charge in [0.25, 0.3) is 5.91 Å². The number of benzene rings is 2. The van der Waals surface area contributed by atoms with Crippen molar-refractivity contribution < 1.29 is 13.2 Å². The Kier molecular flexibility index (Phi) is 6.98. The first-order valence-electron chi connectivity index (χ1n) is 11.5. The van der Waals surface area contributed by atoms with E-state index < -0.39 is 10.0 Å². The summed E-state index contributed by atoms with van der Waals surface area (Å²) in [5.74, 6) is 0.497. The molecule has 7 heteroatoms. The van der Waals surface area contributed by atoms with Crippen LogP contribution in [-0.4, -0.2) is 38.4 Å². The summed E-state index contributed by atoms with van der Waals surface area (Å²) in [5.41, 5.74) is 3.44. The average Bonchev–Trinajstić information content (AvgIpc) is 3.56. The van der Waals surface area contributed by atoms with Crippen LogP contribution in [0.2, 0.25) is 0 Å². The standard InChI is InChI=1S/C25H33N3O3S/c1-18-4-3-13-28(16-18)17-21-8-6-20(7-9-21)15-26-25(29)24-14-23(12-5-19(24)2)32(30,31)27-22-10-11-22/h5-9,12,14,18,22,27H,3-4,10-11,13,15-17H2,1-2H3,(H,26,29). The van der Waals surface area contributed by atoms with Crippen LogP contribution in [0, 0.1) is 12.8 Å². The maximum Gasteiger partial charge on any atom is 0.251 e. The van der Waals surface area contributed by atoms with E-state index in [1.54, 1.807) is 12.1 Å². The van der Waals surface area contributed by atoms with Crippen LogP contribution in [0.3, 0.4) is 0 Å².